The van der Waals surface area contributed by atoms with Crippen molar-refractivity contribution in [3.05, 3.63) is 54.4 Å². The van der Waals surface area contributed by atoms with Crippen molar-refractivity contribution in [2.75, 3.05) is 25.1 Å². The first-order chi connectivity index (χ1) is 14.7. The minimum Gasteiger partial charge on any atom is -0.495 e. The van der Waals surface area contributed by atoms with Gasteiger partial charge in [-0.3, -0.25) is 4.79 Å². The van der Waals surface area contributed by atoms with E-state index in [-0.39, 0.29) is 11.9 Å². The first kappa shape index (κ1) is 19.0. The number of nitrogens with zero attached hydrogens (tertiary/aromatic N) is 3. The summed E-state index contributed by atoms with van der Waals surface area (Å²) >= 11 is 0. The Morgan fingerprint density at radius 2 is 1.93 bits per heavy atom. The van der Waals surface area contributed by atoms with Gasteiger partial charge in [-0.05, 0) is 49.9 Å². The average molecular weight is 405 g/mol. The molecule has 1 aromatic heterocycles. The Morgan fingerprint density at radius 3 is 2.77 bits per heavy atom. The number of amides is 1. The third-order valence-electron chi connectivity index (χ3n) is 6.14. The zero-order chi connectivity index (χ0) is 20.5. The molecular weight excluding hydrogens is 376 g/mol. The molecule has 0 bridgehead atoms. The number of piperidine rings is 1. The van der Waals surface area contributed by atoms with E-state index in [4.69, 9.17) is 9.72 Å². The molecule has 2 aliphatic rings. The number of fused-ring (bicyclic) bond motifs is 1. The van der Waals surface area contributed by atoms with Crippen LogP contribution in [0.2, 0.25) is 0 Å². The van der Waals surface area contributed by atoms with Crippen molar-refractivity contribution < 1.29 is 9.53 Å². The highest BCUT2D eigenvalue weighted by atomic mass is 16.5. The number of hydrogen-bond acceptors (Lipinski definition) is 4. The van der Waals surface area contributed by atoms with E-state index in [1.54, 1.807) is 7.11 Å². The van der Waals surface area contributed by atoms with Gasteiger partial charge in [0.05, 0.1) is 23.8 Å². The number of para-hydroxylation sites is 4. The lowest BCUT2D eigenvalue weighted by molar-refractivity contribution is -0.122. The summed E-state index contributed by atoms with van der Waals surface area (Å²) in [6, 6.07) is 16.3. The van der Waals surface area contributed by atoms with Crippen LogP contribution in [0.1, 0.15) is 37.4 Å². The number of ether oxygens (including phenoxy) is 1. The molecule has 5 rings (SSSR count). The molecule has 156 valence electrons. The number of methoxy groups -OCH3 is 1. The number of imidazole rings is 1. The Labute approximate surface area is 176 Å². The summed E-state index contributed by atoms with van der Waals surface area (Å²) in [5, 5.41) is 3.28. The van der Waals surface area contributed by atoms with Gasteiger partial charge in [-0.15, -0.1) is 0 Å². The number of anilines is 1. The monoisotopic (exact) mass is 404 g/mol. The van der Waals surface area contributed by atoms with Crippen molar-refractivity contribution in [2.45, 2.75) is 44.2 Å². The van der Waals surface area contributed by atoms with Gasteiger partial charge >= 0.3 is 0 Å². The van der Waals surface area contributed by atoms with Crippen molar-refractivity contribution in [1.29, 1.82) is 0 Å². The molecule has 1 aliphatic carbocycles. The molecule has 2 fully saturated rings. The minimum absolute atomic E-state index is 0.0620. The Hall–Kier alpha value is -3.02. The second kappa shape index (κ2) is 8.01. The normalized spacial score (nSPS) is 19.1. The van der Waals surface area contributed by atoms with E-state index in [1.807, 2.05) is 36.4 Å². The summed E-state index contributed by atoms with van der Waals surface area (Å²) in [6.45, 7) is 2.11. The highest BCUT2D eigenvalue weighted by Crippen LogP contribution is 2.40. The fourth-order valence-corrected chi connectivity index (χ4v) is 4.54. The molecule has 6 heteroatoms. The predicted molar refractivity (Wildman–Crippen MR) is 118 cm³/mol. The van der Waals surface area contributed by atoms with Gasteiger partial charge in [0, 0.05) is 25.0 Å². The van der Waals surface area contributed by atoms with E-state index in [0.717, 1.165) is 54.2 Å². The number of carbonyl (C=O) groups is 1. The zero-order valence-corrected chi connectivity index (χ0v) is 17.4. The third kappa shape index (κ3) is 3.74. The number of carbonyl (C=O) groups excluding carboxylic acids is 1. The fraction of sp³-hybridized carbons (Fsp3) is 0.417. The molecular formula is C24H28N4O2. The van der Waals surface area contributed by atoms with E-state index in [0.29, 0.717) is 12.5 Å². The Bertz CT molecular complexity index is 1060. The lowest BCUT2D eigenvalue weighted by Crippen LogP contribution is -2.48. The first-order valence-electron chi connectivity index (χ1n) is 10.9. The maximum atomic E-state index is 13.0. The molecule has 30 heavy (non-hydrogen) atoms. The average Bonchev–Trinajstić information content (AvgIpc) is 3.56. The molecule has 1 aliphatic heterocycles. The van der Waals surface area contributed by atoms with Crippen LogP contribution in [-0.2, 0) is 11.3 Å². The highest BCUT2D eigenvalue weighted by Gasteiger charge is 2.30. The number of aromatic nitrogens is 2. The molecule has 1 saturated carbocycles. The van der Waals surface area contributed by atoms with Gasteiger partial charge in [0.1, 0.15) is 18.1 Å². The van der Waals surface area contributed by atoms with Crippen molar-refractivity contribution in [3.8, 4) is 5.75 Å². The van der Waals surface area contributed by atoms with Crippen LogP contribution < -0.4 is 15.0 Å². The second-order valence-corrected chi connectivity index (χ2v) is 8.34. The van der Waals surface area contributed by atoms with E-state index >= 15 is 0 Å². The van der Waals surface area contributed by atoms with Crippen molar-refractivity contribution in [1.82, 2.24) is 14.9 Å². The summed E-state index contributed by atoms with van der Waals surface area (Å²) in [5.41, 5.74) is 3.12. The van der Waals surface area contributed by atoms with Gasteiger partial charge in [-0.1, -0.05) is 24.3 Å². The predicted octanol–water partition coefficient (Wildman–Crippen LogP) is 3.71. The first-order valence-corrected chi connectivity index (χ1v) is 10.9. The Morgan fingerprint density at radius 1 is 1.13 bits per heavy atom. The van der Waals surface area contributed by atoms with E-state index in [1.165, 1.54) is 12.8 Å². The molecule has 2 heterocycles. The zero-order valence-electron chi connectivity index (χ0n) is 17.4. The molecule has 1 amide bonds. The van der Waals surface area contributed by atoms with E-state index < -0.39 is 0 Å². The van der Waals surface area contributed by atoms with Crippen molar-refractivity contribution >= 4 is 22.6 Å². The third-order valence-corrected chi connectivity index (χ3v) is 6.14. The summed E-state index contributed by atoms with van der Waals surface area (Å²) in [5.74, 6) is 2.50. The molecule has 1 saturated heterocycles. The standard InChI is InChI=1S/C24H28N4O2/c1-30-22-11-5-4-10-21(22)27-14-6-7-18(15-27)25-23(29)16-28-20-9-3-2-8-19(20)26-24(28)17-12-13-17/h2-5,8-11,17-18H,6-7,12-16H2,1H3,(H,25,29). The van der Waals surface area contributed by atoms with Crippen molar-refractivity contribution in [2.24, 2.45) is 0 Å². The molecule has 1 unspecified atom stereocenters. The van der Waals surface area contributed by atoms with Gasteiger partial charge in [0.15, 0.2) is 0 Å². The van der Waals surface area contributed by atoms with Crippen molar-refractivity contribution in [3.63, 3.8) is 0 Å². The summed E-state index contributed by atoms with van der Waals surface area (Å²) < 4.78 is 7.64. The smallest absolute Gasteiger partial charge is 0.240 e. The fourth-order valence-electron chi connectivity index (χ4n) is 4.54. The Balaban J connectivity index is 1.29. The number of nitrogens with one attached hydrogen (secondary N) is 1. The quantitative estimate of drug-likeness (QED) is 0.680. The molecule has 6 nitrogen and oxygen atoms in total. The topological polar surface area (TPSA) is 59.4 Å². The van der Waals surface area contributed by atoms with Crippen LogP contribution in [0.25, 0.3) is 11.0 Å². The second-order valence-electron chi connectivity index (χ2n) is 8.34. The summed E-state index contributed by atoms with van der Waals surface area (Å²) in [4.78, 5) is 20.1. The van der Waals surface area contributed by atoms with Gasteiger partial charge in [-0.2, -0.15) is 0 Å². The molecule has 2 aromatic carbocycles. The van der Waals surface area contributed by atoms with Crippen LogP contribution in [0.4, 0.5) is 5.69 Å². The van der Waals surface area contributed by atoms with Crippen LogP contribution >= 0.6 is 0 Å². The van der Waals surface area contributed by atoms with Gasteiger partial charge in [0.2, 0.25) is 5.91 Å². The molecule has 3 aromatic rings. The van der Waals surface area contributed by atoms with Gasteiger partial charge < -0.3 is 19.5 Å². The van der Waals surface area contributed by atoms with Gasteiger partial charge in [-0.25, -0.2) is 4.98 Å². The highest BCUT2D eigenvalue weighted by molar-refractivity contribution is 5.81. The van der Waals surface area contributed by atoms with Crippen LogP contribution in [0.5, 0.6) is 5.75 Å². The summed E-state index contributed by atoms with van der Waals surface area (Å²) in [6.07, 6.45) is 4.38. The van der Waals surface area contributed by atoms with Crippen LogP contribution in [0, 0.1) is 0 Å². The Kier molecular flexibility index (Phi) is 5.07. The maximum Gasteiger partial charge on any atom is 0.240 e. The number of rotatable bonds is 6. The SMILES string of the molecule is COc1ccccc1N1CCCC(NC(=O)Cn2c(C3CC3)nc3ccccc32)C1. The largest absolute Gasteiger partial charge is 0.495 e. The van der Waals surface area contributed by atoms with Crippen LogP contribution in [0.3, 0.4) is 0 Å². The number of benzene rings is 2. The van der Waals surface area contributed by atoms with E-state index in [9.17, 15) is 4.79 Å². The van der Waals surface area contributed by atoms with Crippen LogP contribution in [0.15, 0.2) is 48.5 Å². The molecule has 1 N–H and O–H groups in total. The van der Waals surface area contributed by atoms with E-state index in [2.05, 4.69) is 26.9 Å². The van der Waals surface area contributed by atoms with Crippen LogP contribution in [-0.4, -0.2) is 41.7 Å². The van der Waals surface area contributed by atoms with Gasteiger partial charge in [0.25, 0.3) is 0 Å². The molecule has 1 atom stereocenters. The maximum absolute atomic E-state index is 13.0. The molecule has 0 spiro atoms. The lowest BCUT2D eigenvalue weighted by atomic mass is 10.0. The minimum atomic E-state index is 0.0620. The summed E-state index contributed by atoms with van der Waals surface area (Å²) in [7, 11) is 1.70. The molecule has 0 radical (unpaired) electrons. The number of hydrogen-bond donors (Lipinski definition) is 1. The lowest BCUT2D eigenvalue weighted by Gasteiger charge is -2.35.